The van der Waals surface area contributed by atoms with Gasteiger partial charge in [-0.2, -0.15) is 0 Å². The van der Waals surface area contributed by atoms with Gasteiger partial charge in [0.05, 0.1) is 12.0 Å². The van der Waals surface area contributed by atoms with Crippen LogP contribution in [0.15, 0.2) is 48.5 Å². The Balaban J connectivity index is 2.10. The average molecular weight is 325 g/mol. The molecule has 3 rings (SSSR count). The first-order chi connectivity index (χ1) is 11.5. The molecule has 7 heteroatoms. The van der Waals surface area contributed by atoms with E-state index >= 15 is 0 Å². The predicted octanol–water partition coefficient (Wildman–Crippen LogP) is 3.63. The van der Waals surface area contributed by atoms with Crippen molar-refractivity contribution in [3.8, 4) is 0 Å². The van der Waals surface area contributed by atoms with Crippen LogP contribution in [0, 0.1) is 10.1 Å². The number of aromatic nitrogens is 1. The third-order valence-corrected chi connectivity index (χ3v) is 3.86. The molecule has 0 unspecified atom stereocenters. The average Bonchev–Trinajstić information content (AvgIpc) is 3.00. The van der Waals surface area contributed by atoms with Crippen LogP contribution in [-0.2, 0) is 4.74 Å². The second-order valence-electron chi connectivity index (χ2n) is 5.22. The highest BCUT2D eigenvalue weighted by atomic mass is 16.6. The Labute approximate surface area is 137 Å². The van der Waals surface area contributed by atoms with E-state index in [9.17, 15) is 14.9 Å². The number of non-ortho nitro benzene ring substituents is 1. The molecule has 0 aliphatic rings. The molecule has 1 aromatic heterocycles. The number of fused-ring (bicyclic) bond motifs is 1. The van der Waals surface area contributed by atoms with E-state index in [1.807, 2.05) is 24.3 Å². The summed E-state index contributed by atoms with van der Waals surface area (Å²) in [6.45, 7) is 0. The maximum absolute atomic E-state index is 12.2. The van der Waals surface area contributed by atoms with Gasteiger partial charge in [0.1, 0.15) is 11.4 Å². The summed E-state index contributed by atoms with van der Waals surface area (Å²) in [4.78, 5) is 27.5. The largest absolute Gasteiger partial charge is 0.465 e. The van der Waals surface area contributed by atoms with Crippen LogP contribution < -0.4 is 4.90 Å². The number of hydrogen-bond donors (Lipinski definition) is 1. The molecule has 1 heterocycles. The Morgan fingerprint density at radius 2 is 1.83 bits per heavy atom. The summed E-state index contributed by atoms with van der Waals surface area (Å²) in [5.74, 6) is 0.119. The van der Waals surface area contributed by atoms with E-state index in [-0.39, 0.29) is 5.69 Å². The number of benzene rings is 2. The lowest BCUT2D eigenvalue weighted by atomic mass is 10.1. The fraction of sp³-hybridized carbons (Fsp3) is 0.118. The number of rotatable bonds is 4. The molecule has 0 saturated carbocycles. The zero-order valence-corrected chi connectivity index (χ0v) is 13.1. The molecule has 7 nitrogen and oxygen atoms in total. The Hall–Kier alpha value is -3.35. The van der Waals surface area contributed by atoms with Crippen LogP contribution in [0.1, 0.15) is 10.4 Å². The standard InChI is InChI=1S/C17H15N3O4/c1-19(11-7-9-12(10-8-11)20(22)23)16-15(17(21)24-2)13-5-3-4-6-14(13)18-16/h3-10,18H,1-2H3. The molecular weight excluding hydrogens is 310 g/mol. The van der Waals surface area contributed by atoms with Gasteiger partial charge >= 0.3 is 5.97 Å². The van der Waals surface area contributed by atoms with Crippen molar-refractivity contribution in [1.82, 2.24) is 4.98 Å². The smallest absolute Gasteiger partial charge is 0.342 e. The van der Waals surface area contributed by atoms with Gasteiger partial charge in [0.15, 0.2) is 0 Å². The van der Waals surface area contributed by atoms with E-state index in [1.54, 1.807) is 24.1 Å². The molecular formula is C17H15N3O4. The Bertz CT molecular complexity index is 915. The number of esters is 1. The molecule has 0 fully saturated rings. The van der Waals surface area contributed by atoms with Crippen LogP contribution in [0.3, 0.4) is 0 Å². The summed E-state index contributed by atoms with van der Waals surface area (Å²) in [6, 6.07) is 13.5. The van der Waals surface area contributed by atoms with Crippen molar-refractivity contribution in [2.24, 2.45) is 0 Å². The van der Waals surface area contributed by atoms with Gasteiger partial charge in [-0.15, -0.1) is 0 Å². The van der Waals surface area contributed by atoms with E-state index in [4.69, 9.17) is 4.74 Å². The molecule has 0 aliphatic carbocycles. The van der Waals surface area contributed by atoms with Crippen LogP contribution in [0.2, 0.25) is 0 Å². The Kier molecular flexibility index (Phi) is 3.91. The monoisotopic (exact) mass is 325 g/mol. The van der Waals surface area contributed by atoms with Crippen LogP contribution in [0.25, 0.3) is 10.9 Å². The molecule has 0 bridgehead atoms. The van der Waals surface area contributed by atoms with Crippen LogP contribution in [-0.4, -0.2) is 30.0 Å². The minimum absolute atomic E-state index is 0.0111. The first kappa shape index (κ1) is 15.5. The summed E-state index contributed by atoms with van der Waals surface area (Å²) >= 11 is 0. The van der Waals surface area contributed by atoms with E-state index in [0.29, 0.717) is 17.1 Å². The maximum Gasteiger partial charge on any atom is 0.342 e. The topological polar surface area (TPSA) is 88.5 Å². The van der Waals surface area contributed by atoms with Gasteiger partial charge in [-0.05, 0) is 18.2 Å². The number of carbonyl (C=O) groups excluding carboxylic acids is 1. The second kappa shape index (κ2) is 6.04. The first-order valence-electron chi connectivity index (χ1n) is 7.20. The van der Waals surface area contributed by atoms with E-state index in [0.717, 1.165) is 10.9 Å². The number of nitro groups is 1. The number of H-pyrrole nitrogens is 1. The second-order valence-corrected chi connectivity index (χ2v) is 5.22. The highest BCUT2D eigenvalue weighted by Gasteiger charge is 2.22. The fourth-order valence-electron chi connectivity index (χ4n) is 2.62. The van der Waals surface area contributed by atoms with Crippen molar-refractivity contribution in [3.63, 3.8) is 0 Å². The van der Waals surface area contributed by atoms with E-state index < -0.39 is 10.9 Å². The van der Waals surface area contributed by atoms with Crippen molar-refractivity contribution in [2.75, 3.05) is 19.1 Å². The summed E-state index contributed by atoms with van der Waals surface area (Å²) < 4.78 is 4.91. The maximum atomic E-state index is 12.2. The lowest BCUT2D eigenvalue weighted by molar-refractivity contribution is -0.384. The molecule has 24 heavy (non-hydrogen) atoms. The third kappa shape index (κ3) is 2.56. The van der Waals surface area contributed by atoms with Crippen LogP contribution in [0.4, 0.5) is 17.2 Å². The lowest BCUT2D eigenvalue weighted by Gasteiger charge is -2.19. The number of anilines is 2. The molecule has 3 aromatic rings. The van der Waals surface area contributed by atoms with Gasteiger partial charge in [-0.1, -0.05) is 18.2 Å². The quantitative estimate of drug-likeness (QED) is 0.449. The Morgan fingerprint density at radius 3 is 2.46 bits per heavy atom. The Morgan fingerprint density at radius 1 is 1.17 bits per heavy atom. The third-order valence-electron chi connectivity index (χ3n) is 3.86. The molecule has 0 amide bonds. The van der Waals surface area contributed by atoms with E-state index in [1.165, 1.54) is 19.2 Å². The van der Waals surface area contributed by atoms with Gasteiger partial charge in [0, 0.05) is 35.8 Å². The molecule has 0 atom stereocenters. The highest BCUT2D eigenvalue weighted by molar-refractivity contribution is 6.10. The number of nitrogens with zero attached hydrogens (tertiary/aromatic N) is 2. The lowest BCUT2D eigenvalue weighted by Crippen LogP contribution is -2.14. The van der Waals surface area contributed by atoms with Crippen molar-refractivity contribution in [2.45, 2.75) is 0 Å². The zero-order valence-electron chi connectivity index (χ0n) is 13.1. The number of nitro benzene ring substituents is 1. The normalized spacial score (nSPS) is 10.6. The van der Waals surface area contributed by atoms with Crippen molar-refractivity contribution in [1.29, 1.82) is 0 Å². The van der Waals surface area contributed by atoms with Gasteiger partial charge in [0.2, 0.25) is 0 Å². The molecule has 0 saturated heterocycles. The van der Waals surface area contributed by atoms with Gasteiger partial charge < -0.3 is 14.6 Å². The first-order valence-corrected chi connectivity index (χ1v) is 7.20. The molecule has 122 valence electrons. The van der Waals surface area contributed by atoms with Crippen molar-refractivity contribution >= 4 is 34.1 Å². The molecule has 0 aliphatic heterocycles. The number of nitrogens with one attached hydrogen (secondary N) is 1. The number of hydrogen-bond acceptors (Lipinski definition) is 5. The van der Waals surface area contributed by atoms with Gasteiger partial charge in [0.25, 0.3) is 5.69 Å². The molecule has 0 spiro atoms. The number of ether oxygens (including phenoxy) is 1. The summed E-state index contributed by atoms with van der Waals surface area (Å²) in [5.41, 5.74) is 1.95. The predicted molar refractivity (Wildman–Crippen MR) is 90.8 cm³/mol. The molecule has 0 radical (unpaired) electrons. The zero-order chi connectivity index (χ0) is 17.3. The van der Waals surface area contributed by atoms with E-state index in [2.05, 4.69) is 4.98 Å². The molecule has 1 N–H and O–H groups in total. The SMILES string of the molecule is COC(=O)c1c(N(C)c2ccc([N+](=O)[O-])cc2)[nH]c2ccccc12. The van der Waals surface area contributed by atoms with Crippen molar-refractivity contribution < 1.29 is 14.5 Å². The van der Waals surface area contributed by atoms with Crippen molar-refractivity contribution in [3.05, 3.63) is 64.2 Å². The fourth-order valence-corrected chi connectivity index (χ4v) is 2.62. The number of methoxy groups -OCH3 is 1. The number of para-hydroxylation sites is 1. The number of carbonyl (C=O) groups is 1. The number of aromatic amines is 1. The minimum atomic E-state index is -0.452. The van der Waals surface area contributed by atoms with Crippen LogP contribution >= 0.6 is 0 Å². The minimum Gasteiger partial charge on any atom is -0.465 e. The van der Waals surface area contributed by atoms with Crippen LogP contribution in [0.5, 0.6) is 0 Å². The summed E-state index contributed by atoms with van der Waals surface area (Å²) in [6.07, 6.45) is 0. The van der Waals surface area contributed by atoms with Gasteiger partial charge in [-0.25, -0.2) is 4.79 Å². The highest BCUT2D eigenvalue weighted by Crippen LogP contribution is 2.33. The summed E-state index contributed by atoms with van der Waals surface area (Å²) in [7, 11) is 3.11. The molecule has 2 aromatic carbocycles. The van der Waals surface area contributed by atoms with Gasteiger partial charge in [-0.3, -0.25) is 10.1 Å². The summed E-state index contributed by atoms with van der Waals surface area (Å²) in [5, 5.41) is 11.5.